The van der Waals surface area contributed by atoms with E-state index in [-0.39, 0.29) is 17.9 Å². The van der Waals surface area contributed by atoms with Crippen LogP contribution in [0.15, 0.2) is 46.3 Å². The van der Waals surface area contributed by atoms with Gasteiger partial charge >= 0.3 is 11.9 Å². The molecule has 0 fully saturated rings. The van der Waals surface area contributed by atoms with Crippen molar-refractivity contribution < 1.29 is 22.7 Å². The van der Waals surface area contributed by atoms with E-state index in [0.717, 1.165) is 21.0 Å². The number of aromatic nitrogens is 4. The van der Waals surface area contributed by atoms with Crippen molar-refractivity contribution in [3.05, 3.63) is 69.1 Å². The maximum atomic E-state index is 13.7. The molecule has 32 heavy (non-hydrogen) atoms. The van der Waals surface area contributed by atoms with E-state index in [1.54, 1.807) is 19.1 Å². The predicted molar refractivity (Wildman–Crippen MR) is 111 cm³/mol. The van der Waals surface area contributed by atoms with Gasteiger partial charge in [-0.3, -0.25) is 0 Å². The predicted octanol–water partition coefficient (Wildman–Crippen LogP) is 3.50. The molecule has 0 spiro atoms. The zero-order chi connectivity index (χ0) is 23.5. The summed E-state index contributed by atoms with van der Waals surface area (Å²) in [4.78, 5) is 17.0. The van der Waals surface area contributed by atoms with E-state index in [1.165, 1.54) is 26.3 Å². The third kappa shape index (κ3) is 4.66. The number of hydrogen-bond acceptors (Lipinski definition) is 6. The lowest BCUT2D eigenvalue weighted by molar-refractivity contribution is -0.139. The van der Waals surface area contributed by atoms with Crippen LogP contribution in [-0.4, -0.2) is 32.6 Å². The minimum atomic E-state index is -4.65. The molecule has 0 bridgehead atoms. The van der Waals surface area contributed by atoms with Gasteiger partial charge < -0.3 is 9.57 Å². The summed E-state index contributed by atoms with van der Waals surface area (Å²) in [5.74, 6) is -0.338. The summed E-state index contributed by atoms with van der Waals surface area (Å²) < 4.78 is 49.0. The number of benzene rings is 2. The van der Waals surface area contributed by atoms with Gasteiger partial charge in [0.15, 0.2) is 0 Å². The van der Waals surface area contributed by atoms with Gasteiger partial charge in [-0.2, -0.15) is 22.5 Å². The van der Waals surface area contributed by atoms with Crippen molar-refractivity contribution in [2.24, 2.45) is 12.2 Å². The highest BCUT2D eigenvalue weighted by Crippen LogP contribution is 2.37. The number of halogens is 3. The van der Waals surface area contributed by atoms with Crippen LogP contribution in [0.25, 0.3) is 5.69 Å². The normalized spacial score (nSPS) is 12.2. The monoisotopic (exact) mass is 449 g/mol. The number of tetrazole rings is 1. The van der Waals surface area contributed by atoms with E-state index < -0.39 is 17.4 Å². The Morgan fingerprint density at radius 1 is 1.19 bits per heavy atom. The minimum Gasteiger partial charge on any atom is -0.488 e. The number of ether oxygens (including phenoxy) is 1. The first kappa shape index (κ1) is 23.0. The Bertz CT molecular complexity index is 1200. The maximum Gasteiger partial charge on any atom is 0.419 e. The van der Waals surface area contributed by atoms with Crippen molar-refractivity contribution >= 4 is 5.71 Å². The van der Waals surface area contributed by atoms with Gasteiger partial charge in [-0.25, -0.2) is 4.79 Å². The Balaban J connectivity index is 2.02. The van der Waals surface area contributed by atoms with E-state index in [0.29, 0.717) is 23.4 Å². The summed E-state index contributed by atoms with van der Waals surface area (Å²) in [6, 6.07) is 8.89. The van der Waals surface area contributed by atoms with Crippen molar-refractivity contribution in [2.45, 2.75) is 33.1 Å². The van der Waals surface area contributed by atoms with Gasteiger partial charge in [0.25, 0.3) is 0 Å². The zero-order valence-corrected chi connectivity index (χ0v) is 18.0. The number of oxime groups is 1. The summed E-state index contributed by atoms with van der Waals surface area (Å²) in [7, 11) is 2.77. The Hall–Kier alpha value is -3.63. The molecule has 1 aromatic heterocycles. The lowest BCUT2D eigenvalue weighted by Crippen LogP contribution is -2.23. The van der Waals surface area contributed by atoms with Gasteiger partial charge in [0.1, 0.15) is 19.5 Å². The maximum absolute atomic E-state index is 13.7. The van der Waals surface area contributed by atoms with E-state index in [4.69, 9.17) is 4.74 Å². The van der Waals surface area contributed by atoms with Gasteiger partial charge in [-0.05, 0) is 59.2 Å². The highest BCUT2D eigenvalue weighted by molar-refractivity contribution is 5.98. The Kier molecular flexibility index (Phi) is 6.66. The summed E-state index contributed by atoms with van der Waals surface area (Å²) in [5, 5.41) is 11.2. The van der Waals surface area contributed by atoms with Gasteiger partial charge in [0.2, 0.25) is 0 Å². The third-order valence-electron chi connectivity index (χ3n) is 4.88. The van der Waals surface area contributed by atoms with Crippen LogP contribution in [0.2, 0.25) is 0 Å². The summed E-state index contributed by atoms with van der Waals surface area (Å²) in [5.41, 5.74) is 0.897. The molecule has 0 saturated carbocycles. The highest BCUT2D eigenvalue weighted by atomic mass is 19.4. The number of hydrogen-bond donors (Lipinski definition) is 0. The molecule has 8 nitrogen and oxygen atoms in total. The van der Waals surface area contributed by atoms with Crippen molar-refractivity contribution in [3.8, 4) is 11.4 Å². The topological polar surface area (TPSA) is 83.5 Å². The molecule has 0 unspecified atom stereocenters. The standard InChI is InChI=1S/C21H22F3N5O3/c1-5-14-7-6-8-18(29-20(30)28(3)26-27-29)16(14)12-32-19-10-9-15(13(2)25-31-4)11-17(19)21(22,23)24/h6-11H,5,12H2,1-4H3. The molecule has 0 amide bonds. The average molecular weight is 449 g/mol. The molecule has 0 aliphatic heterocycles. The van der Waals surface area contributed by atoms with Gasteiger partial charge in [-0.15, -0.1) is 0 Å². The molecule has 0 saturated heterocycles. The largest absolute Gasteiger partial charge is 0.488 e. The minimum absolute atomic E-state index is 0.198. The second kappa shape index (κ2) is 9.25. The molecule has 170 valence electrons. The summed E-state index contributed by atoms with van der Waals surface area (Å²) in [6.07, 6.45) is -4.06. The first-order valence-electron chi connectivity index (χ1n) is 9.69. The van der Waals surface area contributed by atoms with Gasteiger partial charge in [-0.1, -0.05) is 24.2 Å². The first-order chi connectivity index (χ1) is 15.2. The SMILES string of the molecule is CCc1cccc(-n2nnn(C)c2=O)c1COc1ccc(C(C)=NOC)cc1C(F)(F)F. The van der Waals surface area contributed by atoms with Gasteiger partial charge in [0, 0.05) is 12.6 Å². The Morgan fingerprint density at radius 2 is 1.94 bits per heavy atom. The van der Waals surface area contributed by atoms with Crippen LogP contribution in [-0.2, 0) is 31.1 Å². The van der Waals surface area contributed by atoms with Crippen LogP contribution in [0, 0.1) is 0 Å². The number of aryl methyl sites for hydroxylation is 2. The first-order valence-corrected chi connectivity index (χ1v) is 9.69. The quantitative estimate of drug-likeness (QED) is 0.407. The van der Waals surface area contributed by atoms with Crippen LogP contribution in [0.1, 0.15) is 36.1 Å². The molecular formula is C21H22F3N5O3. The Morgan fingerprint density at radius 3 is 2.53 bits per heavy atom. The molecule has 2 aromatic carbocycles. The molecule has 0 aliphatic rings. The summed E-state index contributed by atoms with van der Waals surface area (Å²) in [6.45, 7) is 3.24. The molecular weight excluding hydrogens is 427 g/mol. The van der Waals surface area contributed by atoms with Crippen LogP contribution in [0.4, 0.5) is 13.2 Å². The lowest BCUT2D eigenvalue weighted by atomic mass is 10.0. The molecule has 3 rings (SSSR count). The zero-order valence-electron chi connectivity index (χ0n) is 18.0. The summed E-state index contributed by atoms with van der Waals surface area (Å²) >= 11 is 0. The van der Waals surface area contributed by atoms with Crippen LogP contribution >= 0.6 is 0 Å². The Labute approximate surface area is 181 Å². The highest BCUT2D eigenvalue weighted by Gasteiger charge is 2.35. The molecule has 11 heteroatoms. The molecule has 0 radical (unpaired) electrons. The average Bonchev–Trinajstić information content (AvgIpc) is 3.09. The van der Waals surface area contributed by atoms with Gasteiger partial charge in [0.05, 0.1) is 17.0 Å². The van der Waals surface area contributed by atoms with Crippen molar-refractivity contribution in [1.82, 2.24) is 19.8 Å². The molecule has 0 atom stereocenters. The van der Waals surface area contributed by atoms with Crippen molar-refractivity contribution in [1.29, 1.82) is 0 Å². The molecule has 1 heterocycles. The van der Waals surface area contributed by atoms with E-state index in [2.05, 4.69) is 20.4 Å². The van der Waals surface area contributed by atoms with Crippen LogP contribution in [0.5, 0.6) is 5.75 Å². The van der Waals surface area contributed by atoms with Crippen molar-refractivity contribution in [3.63, 3.8) is 0 Å². The van der Waals surface area contributed by atoms with E-state index in [9.17, 15) is 18.0 Å². The van der Waals surface area contributed by atoms with E-state index in [1.807, 2.05) is 13.0 Å². The molecule has 0 aliphatic carbocycles. The smallest absolute Gasteiger partial charge is 0.419 e. The fraction of sp³-hybridized carbons (Fsp3) is 0.333. The number of rotatable bonds is 7. The molecule has 3 aromatic rings. The fourth-order valence-corrected chi connectivity index (χ4v) is 3.22. The second-order valence-electron chi connectivity index (χ2n) is 6.92. The van der Waals surface area contributed by atoms with Crippen LogP contribution in [0.3, 0.4) is 0 Å². The third-order valence-corrected chi connectivity index (χ3v) is 4.88. The second-order valence-corrected chi connectivity index (χ2v) is 6.92. The fourth-order valence-electron chi connectivity index (χ4n) is 3.22. The lowest BCUT2D eigenvalue weighted by Gasteiger charge is -2.18. The molecule has 0 N–H and O–H groups in total. The number of alkyl halides is 3. The van der Waals surface area contributed by atoms with Crippen LogP contribution < -0.4 is 10.4 Å². The number of nitrogens with zero attached hydrogens (tertiary/aromatic N) is 5. The van der Waals surface area contributed by atoms with Crippen molar-refractivity contribution in [2.75, 3.05) is 7.11 Å². The van der Waals surface area contributed by atoms with E-state index >= 15 is 0 Å².